The first-order chi connectivity index (χ1) is 12.8. The number of anilines is 3. The average Bonchev–Trinajstić information content (AvgIpc) is 3.28. The minimum Gasteiger partial charge on any atom is -0.350 e. The molecule has 0 N–H and O–H groups in total. The molecule has 126 valence electrons. The molecular formula is C23H19N3. The highest BCUT2D eigenvalue weighted by Gasteiger charge is 2.59. The summed E-state index contributed by atoms with van der Waals surface area (Å²) in [5.74, 6) is 2.05. The third-order valence-electron chi connectivity index (χ3n) is 6.12. The van der Waals surface area contributed by atoms with Crippen LogP contribution in [0.3, 0.4) is 0 Å². The van der Waals surface area contributed by atoms with Gasteiger partial charge in [-0.15, -0.1) is 0 Å². The molecule has 0 bridgehead atoms. The van der Waals surface area contributed by atoms with Crippen LogP contribution in [0.1, 0.15) is 11.5 Å². The summed E-state index contributed by atoms with van der Waals surface area (Å²) in [6.07, 6.45) is 0.288. The van der Waals surface area contributed by atoms with Crippen molar-refractivity contribution in [2.45, 2.75) is 12.1 Å². The SMILES string of the molecule is C=C1C2c3ccccc3N3c4nc(-c5ccccc5)ccc4N(C)C3C12. The van der Waals surface area contributed by atoms with Gasteiger partial charge in [-0.1, -0.05) is 60.7 Å². The Balaban J connectivity index is 1.57. The van der Waals surface area contributed by atoms with E-state index in [9.17, 15) is 0 Å². The first kappa shape index (κ1) is 14.1. The van der Waals surface area contributed by atoms with Crippen LogP contribution in [0.15, 0.2) is 78.9 Å². The van der Waals surface area contributed by atoms with E-state index < -0.39 is 0 Å². The van der Waals surface area contributed by atoms with Crippen molar-refractivity contribution in [2.24, 2.45) is 5.92 Å². The smallest absolute Gasteiger partial charge is 0.159 e. The van der Waals surface area contributed by atoms with Crippen molar-refractivity contribution in [3.63, 3.8) is 0 Å². The van der Waals surface area contributed by atoms with Gasteiger partial charge in [-0.05, 0) is 23.8 Å². The first-order valence-electron chi connectivity index (χ1n) is 9.12. The predicted molar refractivity (Wildman–Crippen MR) is 106 cm³/mol. The second kappa shape index (κ2) is 4.76. The maximum atomic E-state index is 5.09. The number of hydrogen-bond acceptors (Lipinski definition) is 3. The van der Waals surface area contributed by atoms with Gasteiger partial charge in [0.1, 0.15) is 6.17 Å². The number of fused-ring (bicyclic) bond motifs is 8. The van der Waals surface area contributed by atoms with Crippen molar-refractivity contribution in [3.05, 3.63) is 84.4 Å². The monoisotopic (exact) mass is 337 g/mol. The van der Waals surface area contributed by atoms with Gasteiger partial charge in [-0.3, -0.25) is 0 Å². The van der Waals surface area contributed by atoms with Crippen molar-refractivity contribution < 1.29 is 0 Å². The van der Waals surface area contributed by atoms with Crippen LogP contribution in [0.4, 0.5) is 17.2 Å². The number of pyridine rings is 1. The molecule has 3 atom stereocenters. The molecule has 3 aromatic rings. The second-order valence-corrected chi connectivity index (χ2v) is 7.44. The third kappa shape index (κ3) is 1.65. The Kier molecular flexibility index (Phi) is 2.59. The lowest BCUT2D eigenvalue weighted by Crippen LogP contribution is -2.43. The van der Waals surface area contributed by atoms with Gasteiger partial charge in [0.25, 0.3) is 0 Å². The Labute approximate surface area is 153 Å². The first-order valence-corrected chi connectivity index (χ1v) is 9.12. The zero-order chi connectivity index (χ0) is 17.4. The molecule has 3 heteroatoms. The third-order valence-corrected chi connectivity index (χ3v) is 6.12. The van der Waals surface area contributed by atoms with Gasteiger partial charge >= 0.3 is 0 Å². The van der Waals surface area contributed by atoms with E-state index in [2.05, 4.69) is 84.1 Å². The fraction of sp³-hybridized carbons (Fsp3) is 0.174. The van der Waals surface area contributed by atoms with E-state index in [1.54, 1.807) is 0 Å². The van der Waals surface area contributed by atoms with Crippen molar-refractivity contribution >= 4 is 17.2 Å². The fourth-order valence-corrected chi connectivity index (χ4v) is 4.83. The number of benzene rings is 2. The van der Waals surface area contributed by atoms with Gasteiger partial charge in [-0.2, -0.15) is 0 Å². The Bertz CT molecular complexity index is 1060. The zero-order valence-electron chi connectivity index (χ0n) is 14.6. The Morgan fingerprint density at radius 2 is 1.65 bits per heavy atom. The van der Waals surface area contributed by atoms with Gasteiger partial charge in [0, 0.05) is 30.1 Å². The second-order valence-electron chi connectivity index (χ2n) is 7.44. The van der Waals surface area contributed by atoms with E-state index >= 15 is 0 Å². The maximum absolute atomic E-state index is 5.09. The minimum atomic E-state index is 0.288. The molecule has 0 spiro atoms. The molecule has 6 rings (SSSR count). The van der Waals surface area contributed by atoms with Gasteiger partial charge in [0.15, 0.2) is 5.82 Å². The minimum absolute atomic E-state index is 0.288. The Morgan fingerprint density at radius 3 is 2.50 bits per heavy atom. The van der Waals surface area contributed by atoms with Gasteiger partial charge in [-0.25, -0.2) is 4.98 Å². The maximum Gasteiger partial charge on any atom is 0.159 e. The van der Waals surface area contributed by atoms with Gasteiger partial charge in [0.2, 0.25) is 0 Å². The normalized spacial score (nSPS) is 24.7. The number of rotatable bonds is 1. The summed E-state index contributed by atoms with van der Waals surface area (Å²) >= 11 is 0. The molecule has 1 saturated carbocycles. The lowest BCUT2D eigenvalue weighted by Gasteiger charge is -2.35. The Morgan fingerprint density at radius 1 is 0.885 bits per heavy atom. The molecular weight excluding hydrogens is 318 g/mol. The van der Waals surface area contributed by atoms with Crippen molar-refractivity contribution in [2.75, 3.05) is 16.8 Å². The Hall–Kier alpha value is -3.07. The molecule has 1 fully saturated rings. The predicted octanol–water partition coefficient (Wildman–Crippen LogP) is 4.95. The largest absolute Gasteiger partial charge is 0.350 e. The van der Waals surface area contributed by atoms with E-state index in [0.29, 0.717) is 11.8 Å². The fourth-order valence-electron chi connectivity index (χ4n) is 4.83. The van der Waals surface area contributed by atoms with E-state index in [0.717, 1.165) is 17.1 Å². The van der Waals surface area contributed by atoms with Gasteiger partial charge < -0.3 is 9.80 Å². The summed E-state index contributed by atoms with van der Waals surface area (Å²) in [6, 6.07) is 23.5. The van der Waals surface area contributed by atoms with Crippen LogP contribution in [0.25, 0.3) is 11.3 Å². The summed E-state index contributed by atoms with van der Waals surface area (Å²) in [5.41, 5.74) is 7.40. The number of para-hydroxylation sites is 1. The van der Waals surface area contributed by atoms with Gasteiger partial charge in [0.05, 0.1) is 11.4 Å². The highest BCUT2D eigenvalue weighted by Crippen LogP contribution is 2.65. The lowest BCUT2D eigenvalue weighted by atomic mass is 10.00. The molecule has 3 heterocycles. The summed E-state index contributed by atoms with van der Waals surface area (Å²) in [6.45, 7) is 4.36. The molecule has 0 saturated heterocycles. The standard InChI is InChI=1S/C23H19N3/c1-14-20-16-10-6-7-11-18(16)26-22-19(25(2)23(26)21(14)20)13-12-17(24-22)15-8-4-3-5-9-15/h3-13,20-21,23H,1H2,2H3. The summed E-state index contributed by atoms with van der Waals surface area (Å²) < 4.78 is 0. The van der Waals surface area contributed by atoms with E-state index in [4.69, 9.17) is 4.98 Å². The highest BCUT2D eigenvalue weighted by molar-refractivity contribution is 5.87. The van der Waals surface area contributed by atoms with E-state index in [1.165, 1.54) is 22.5 Å². The molecule has 2 aromatic carbocycles. The number of aromatic nitrogens is 1. The summed E-state index contributed by atoms with van der Waals surface area (Å²) in [5, 5.41) is 0. The van der Waals surface area contributed by atoms with Crippen LogP contribution in [-0.4, -0.2) is 18.2 Å². The molecule has 1 aliphatic carbocycles. The van der Waals surface area contributed by atoms with Crippen molar-refractivity contribution in [1.82, 2.24) is 4.98 Å². The van der Waals surface area contributed by atoms with Crippen LogP contribution in [0, 0.1) is 5.92 Å². The van der Waals surface area contributed by atoms with Crippen LogP contribution in [0.5, 0.6) is 0 Å². The lowest BCUT2D eigenvalue weighted by molar-refractivity contribution is 0.570. The molecule has 3 unspecified atom stereocenters. The zero-order valence-corrected chi connectivity index (χ0v) is 14.6. The average molecular weight is 337 g/mol. The molecule has 26 heavy (non-hydrogen) atoms. The highest BCUT2D eigenvalue weighted by atomic mass is 15.4. The molecule has 2 aliphatic heterocycles. The van der Waals surface area contributed by atoms with Crippen LogP contribution in [0.2, 0.25) is 0 Å². The molecule has 3 nitrogen and oxygen atoms in total. The molecule has 0 amide bonds. The summed E-state index contributed by atoms with van der Waals surface area (Å²) in [4.78, 5) is 9.89. The topological polar surface area (TPSA) is 19.4 Å². The number of nitrogens with zero attached hydrogens (tertiary/aromatic N) is 3. The molecule has 0 radical (unpaired) electrons. The van der Waals surface area contributed by atoms with Crippen molar-refractivity contribution in [1.29, 1.82) is 0 Å². The van der Waals surface area contributed by atoms with Crippen LogP contribution in [-0.2, 0) is 0 Å². The van der Waals surface area contributed by atoms with Crippen LogP contribution >= 0.6 is 0 Å². The molecule has 1 aromatic heterocycles. The number of hydrogen-bond donors (Lipinski definition) is 0. The molecule has 3 aliphatic rings. The van der Waals surface area contributed by atoms with Crippen LogP contribution < -0.4 is 9.80 Å². The quantitative estimate of drug-likeness (QED) is 0.586. The van der Waals surface area contributed by atoms with Crippen molar-refractivity contribution in [3.8, 4) is 11.3 Å². The van der Waals surface area contributed by atoms with E-state index in [1.807, 2.05) is 6.07 Å². The van der Waals surface area contributed by atoms with E-state index in [-0.39, 0.29) is 6.17 Å². The summed E-state index contributed by atoms with van der Waals surface area (Å²) in [7, 11) is 2.18.